The van der Waals surface area contributed by atoms with Gasteiger partial charge in [-0.25, -0.2) is 4.57 Å². The number of hydrogen-bond donors (Lipinski definition) is 2. The molecule has 0 aliphatic rings. The highest BCUT2D eigenvalue weighted by molar-refractivity contribution is 7.46. The second-order valence-corrected chi connectivity index (χ2v) is 16.0. The van der Waals surface area contributed by atoms with E-state index in [2.05, 4.69) is 60.9 Å². The van der Waals surface area contributed by atoms with Gasteiger partial charge in [-0.2, -0.15) is 0 Å². The van der Waals surface area contributed by atoms with Crippen LogP contribution in [-0.2, 0) is 28.2 Å². The lowest BCUT2D eigenvalue weighted by atomic mass is 10.0. The standard InChI is InChI=1S/C47H81O8P/c1-3-5-7-9-11-13-15-17-19-20-21-22-23-24-25-26-28-30-32-34-36-38-40-42-47(49)55-45(44-54-56(50,51)52)43-53-46(48)41-39-37-35-33-31-29-27-18-16-14-12-10-8-6-4-2/h6,8,10,12,14,16,18,26-28,34,36,45H,3-5,7,9,11,13,15,17,19-25,29-33,35,37-44H2,1-2H3,(H2,50,51,52)/b8-6+,12-10+,16-14+,27-18+,28-26+,36-34+/t45-/m1/s1. The lowest BCUT2D eigenvalue weighted by molar-refractivity contribution is -0.161. The number of phosphoric acid groups is 1. The molecule has 0 aromatic carbocycles. The molecule has 0 spiro atoms. The van der Waals surface area contributed by atoms with E-state index in [9.17, 15) is 14.2 Å². The molecule has 0 radical (unpaired) electrons. The fourth-order valence-electron chi connectivity index (χ4n) is 5.99. The van der Waals surface area contributed by atoms with Crippen molar-refractivity contribution in [3.05, 3.63) is 72.9 Å². The van der Waals surface area contributed by atoms with Gasteiger partial charge in [-0.3, -0.25) is 14.1 Å². The molecule has 0 bridgehead atoms. The molecule has 0 heterocycles. The fraction of sp³-hybridized carbons (Fsp3) is 0.702. The molecule has 0 unspecified atom stereocenters. The summed E-state index contributed by atoms with van der Waals surface area (Å²) >= 11 is 0. The van der Waals surface area contributed by atoms with Crippen molar-refractivity contribution in [3.63, 3.8) is 0 Å². The summed E-state index contributed by atoms with van der Waals surface area (Å²) in [6, 6.07) is 0. The second kappa shape index (κ2) is 42.1. The van der Waals surface area contributed by atoms with Crippen molar-refractivity contribution in [2.24, 2.45) is 0 Å². The van der Waals surface area contributed by atoms with Gasteiger partial charge in [0.2, 0.25) is 0 Å². The number of phosphoric ester groups is 1. The molecule has 0 saturated carbocycles. The van der Waals surface area contributed by atoms with E-state index in [1.54, 1.807) is 0 Å². The third-order valence-corrected chi connectivity index (χ3v) is 9.77. The summed E-state index contributed by atoms with van der Waals surface area (Å²) in [4.78, 5) is 42.9. The van der Waals surface area contributed by atoms with Gasteiger partial charge in [-0.15, -0.1) is 0 Å². The number of ether oxygens (including phenoxy) is 2. The van der Waals surface area contributed by atoms with Gasteiger partial charge in [-0.05, 0) is 64.2 Å². The highest BCUT2D eigenvalue weighted by Gasteiger charge is 2.22. The maximum Gasteiger partial charge on any atom is 0.469 e. The van der Waals surface area contributed by atoms with E-state index in [1.165, 1.54) is 89.9 Å². The summed E-state index contributed by atoms with van der Waals surface area (Å²) < 4.78 is 26.3. The summed E-state index contributed by atoms with van der Waals surface area (Å²) in [5.41, 5.74) is 0. The van der Waals surface area contributed by atoms with Gasteiger partial charge in [0.25, 0.3) is 0 Å². The summed E-state index contributed by atoms with van der Waals surface area (Å²) in [5.74, 6) is -0.964. The van der Waals surface area contributed by atoms with Crippen LogP contribution < -0.4 is 0 Å². The Morgan fingerprint density at radius 3 is 1.45 bits per heavy atom. The van der Waals surface area contributed by atoms with E-state index in [0.29, 0.717) is 12.8 Å². The second-order valence-electron chi connectivity index (χ2n) is 14.7. The maximum absolute atomic E-state index is 12.4. The predicted molar refractivity (Wildman–Crippen MR) is 234 cm³/mol. The summed E-state index contributed by atoms with van der Waals surface area (Å²) in [7, 11) is -4.78. The van der Waals surface area contributed by atoms with Gasteiger partial charge in [0.15, 0.2) is 6.10 Å². The maximum atomic E-state index is 12.4. The largest absolute Gasteiger partial charge is 0.469 e. The van der Waals surface area contributed by atoms with Crippen LogP contribution in [0.25, 0.3) is 0 Å². The summed E-state index contributed by atoms with van der Waals surface area (Å²) in [6.07, 6.45) is 55.0. The van der Waals surface area contributed by atoms with E-state index in [4.69, 9.17) is 19.3 Å². The first kappa shape index (κ1) is 53.5. The van der Waals surface area contributed by atoms with Crippen molar-refractivity contribution >= 4 is 19.8 Å². The van der Waals surface area contributed by atoms with E-state index in [-0.39, 0.29) is 19.4 Å². The predicted octanol–water partition coefficient (Wildman–Crippen LogP) is 13.9. The molecule has 0 aromatic rings. The van der Waals surface area contributed by atoms with Crippen molar-refractivity contribution in [2.75, 3.05) is 13.2 Å². The van der Waals surface area contributed by atoms with Gasteiger partial charge < -0.3 is 19.3 Å². The van der Waals surface area contributed by atoms with Crippen LogP contribution in [0.1, 0.15) is 194 Å². The molecule has 0 saturated heterocycles. The SMILES string of the molecule is CC/C=C/C=C/C=C/C=C/CCCCCCCC(=O)OC[C@H](COP(=O)(O)O)OC(=O)CCC/C=C/CC/C=C/CCCCCCCCCCCCCCCC. The zero-order valence-corrected chi connectivity index (χ0v) is 36.4. The number of allylic oxidation sites excluding steroid dienone is 12. The molecular formula is C47H81O8P. The van der Waals surface area contributed by atoms with Crippen LogP contribution in [-0.4, -0.2) is 41.0 Å². The fourth-order valence-corrected chi connectivity index (χ4v) is 6.35. The Morgan fingerprint density at radius 1 is 0.482 bits per heavy atom. The Bertz CT molecular complexity index is 1130. The molecule has 1 atom stereocenters. The van der Waals surface area contributed by atoms with E-state index in [0.717, 1.165) is 64.2 Å². The average Bonchev–Trinajstić information content (AvgIpc) is 3.17. The van der Waals surface area contributed by atoms with E-state index in [1.807, 2.05) is 30.4 Å². The monoisotopic (exact) mass is 805 g/mol. The molecule has 2 N–H and O–H groups in total. The zero-order valence-electron chi connectivity index (χ0n) is 35.5. The van der Waals surface area contributed by atoms with Crippen LogP contribution in [0.3, 0.4) is 0 Å². The lowest BCUT2D eigenvalue weighted by Gasteiger charge is -2.18. The molecule has 0 fully saturated rings. The van der Waals surface area contributed by atoms with Crippen molar-refractivity contribution < 1.29 is 37.9 Å². The molecule has 0 aliphatic carbocycles. The van der Waals surface area contributed by atoms with Crippen LogP contribution in [0, 0.1) is 0 Å². The third-order valence-electron chi connectivity index (χ3n) is 9.28. The van der Waals surface area contributed by atoms with Gasteiger partial charge in [-0.1, -0.05) is 189 Å². The number of hydrogen-bond acceptors (Lipinski definition) is 6. The number of carbonyl (C=O) groups excluding carboxylic acids is 2. The Hall–Kier alpha value is -2.51. The van der Waals surface area contributed by atoms with Crippen LogP contribution in [0.4, 0.5) is 0 Å². The van der Waals surface area contributed by atoms with Crippen LogP contribution >= 0.6 is 7.82 Å². The lowest BCUT2D eigenvalue weighted by Crippen LogP contribution is -2.29. The van der Waals surface area contributed by atoms with Gasteiger partial charge in [0, 0.05) is 12.8 Å². The number of esters is 2. The first-order valence-electron chi connectivity index (χ1n) is 22.3. The minimum absolute atomic E-state index is 0.143. The normalized spacial score (nSPS) is 13.1. The molecule has 9 heteroatoms. The van der Waals surface area contributed by atoms with Crippen LogP contribution in [0.2, 0.25) is 0 Å². The number of rotatable bonds is 40. The third kappa shape index (κ3) is 44.2. The van der Waals surface area contributed by atoms with Crippen molar-refractivity contribution in [1.82, 2.24) is 0 Å². The molecular weight excluding hydrogens is 723 g/mol. The summed E-state index contributed by atoms with van der Waals surface area (Å²) in [6.45, 7) is 3.50. The van der Waals surface area contributed by atoms with Gasteiger partial charge in [0.05, 0.1) is 6.61 Å². The molecule has 0 rings (SSSR count). The Labute approximate surface area is 342 Å². The van der Waals surface area contributed by atoms with Gasteiger partial charge >= 0.3 is 19.8 Å². The topological polar surface area (TPSA) is 119 Å². The molecule has 8 nitrogen and oxygen atoms in total. The van der Waals surface area contributed by atoms with Crippen molar-refractivity contribution in [2.45, 2.75) is 200 Å². The first-order valence-corrected chi connectivity index (χ1v) is 23.8. The smallest absolute Gasteiger partial charge is 0.462 e. The molecule has 322 valence electrons. The summed E-state index contributed by atoms with van der Waals surface area (Å²) in [5, 5.41) is 0. The molecule has 0 amide bonds. The zero-order chi connectivity index (χ0) is 41.1. The number of unbranched alkanes of at least 4 members (excludes halogenated alkanes) is 21. The molecule has 56 heavy (non-hydrogen) atoms. The first-order chi connectivity index (χ1) is 27.3. The van der Waals surface area contributed by atoms with Crippen LogP contribution in [0.15, 0.2) is 72.9 Å². The Morgan fingerprint density at radius 2 is 0.911 bits per heavy atom. The quantitative estimate of drug-likeness (QED) is 0.0207. The van der Waals surface area contributed by atoms with E-state index >= 15 is 0 Å². The minimum Gasteiger partial charge on any atom is -0.462 e. The minimum atomic E-state index is -4.78. The Kier molecular flexibility index (Phi) is 40.2. The van der Waals surface area contributed by atoms with Crippen molar-refractivity contribution in [3.8, 4) is 0 Å². The number of carbonyl (C=O) groups is 2. The molecule has 0 aliphatic heterocycles. The highest BCUT2D eigenvalue weighted by Crippen LogP contribution is 2.36. The highest BCUT2D eigenvalue weighted by atomic mass is 31.2. The molecule has 0 aromatic heterocycles. The van der Waals surface area contributed by atoms with Gasteiger partial charge in [0.1, 0.15) is 6.61 Å². The van der Waals surface area contributed by atoms with E-state index < -0.39 is 32.5 Å². The van der Waals surface area contributed by atoms with Crippen LogP contribution in [0.5, 0.6) is 0 Å². The Balaban J connectivity index is 3.96. The van der Waals surface area contributed by atoms with Crippen molar-refractivity contribution in [1.29, 1.82) is 0 Å². The average molecular weight is 805 g/mol.